The summed E-state index contributed by atoms with van der Waals surface area (Å²) in [6.07, 6.45) is 8.82. The number of rotatable bonds is 4. The molecular weight excluding hydrogens is 242 g/mol. The van der Waals surface area contributed by atoms with E-state index >= 15 is 0 Å². The molecule has 1 aromatic heterocycles. The largest absolute Gasteiger partial charge is 0.335 e. The van der Waals surface area contributed by atoms with Crippen molar-refractivity contribution in [2.75, 3.05) is 12.0 Å². The van der Waals surface area contributed by atoms with E-state index in [-0.39, 0.29) is 5.91 Å². The van der Waals surface area contributed by atoms with Gasteiger partial charge in [-0.1, -0.05) is 19.3 Å². The molecular formula is C13H21N5O. The van der Waals surface area contributed by atoms with Crippen molar-refractivity contribution in [3.8, 4) is 0 Å². The molecule has 1 aliphatic carbocycles. The van der Waals surface area contributed by atoms with Gasteiger partial charge in [-0.3, -0.25) is 4.79 Å². The van der Waals surface area contributed by atoms with Gasteiger partial charge in [0, 0.05) is 12.6 Å². The maximum Gasteiger partial charge on any atom is 0.274 e. The highest BCUT2D eigenvalue weighted by molar-refractivity contribution is 5.92. The Balaban J connectivity index is 2.10. The molecule has 1 aromatic rings. The number of nitrogen functional groups attached to an aromatic ring is 1. The molecule has 0 bridgehead atoms. The standard InChI is InChI=1S/C13H21N5O/c1-2-18(10-6-4-3-5-7-10)13(19)11-8-16-12(17-14)9-15-11/h8-10H,2-7,14H2,1H3,(H,16,17). The second-order valence-corrected chi connectivity index (χ2v) is 4.81. The Kier molecular flexibility index (Phi) is 4.68. The van der Waals surface area contributed by atoms with Crippen LogP contribution in [0.1, 0.15) is 49.5 Å². The molecule has 6 heteroatoms. The number of carbonyl (C=O) groups excluding carboxylic acids is 1. The zero-order chi connectivity index (χ0) is 13.7. The molecule has 1 aliphatic rings. The predicted molar refractivity (Wildman–Crippen MR) is 73.4 cm³/mol. The molecule has 1 amide bonds. The molecule has 0 aromatic carbocycles. The molecule has 0 atom stereocenters. The normalized spacial score (nSPS) is 16.1. The summed E-state index contributed by atoms with van der Waals surface area (Å²) >= 11 is 0. The molecule has 1 heterocycles. The van der Waals surface area contributed by atoms with Crippen LogP contribution in [0.5, 0.6) is 0 Å². The fourth-order valence-corrected chi connectivity index (χ4v) is 2.62. The van der Waals surface area contributed by atoms with E-state index in [1.807, 2.05) is 11.8 Å². The Morgan fingerprint density at radius 3 is 2.63 bits per heavy atom. The number of hydrogen-bond acceptors (Lipinski definition) is 5. The van der Waals surface area contributed by atoms with Crippen LogP contribution in [0.4, 0.5) is 5.82 Å². The molecule has 104 valence electrons. The third-order valence-electron chi connectivity index (χ3n) is 3.64. The third-order valence-corrected chi connectivity index (χ3v) is 3.64. The molecule has 1 fully saturated rings. The van der Waals surface area contributed by atoms with E-state index in [1.165, 1.54) is 31.7 Å². The molecule has 19 heavy (non-hydrogen) atoms. The Labute approximate surface area is 113 Å². The zero-order valence-electron chi connectivity index (χ0n) is 11.3. The summed E-state index contributed by atoms with van der Waals surface area (Å²) < 4.78 is 0. The molecule has 3 N–H and O–H groups in total. The Bertz CT molecular complexity index is 414. The quantitative estimate of drug-likeness (QED) is 0.636. The Morgan fingerprint density at radius 1 is 1.37 bits per heavy atom. The number of amides is 1. The fraction of sp³-hybridized carbons (Fsp3) is 0.615. The van der Waals surface area contributed by atoms with Gasteiger partial charge in [0.15, 0.2) is 5.82 Å². The molecule has 0 unspecified atom stereocenters. The maximum atomic E-state index is 12.4. The molecule has 0 radical (unpaired) electrons. The number of hydrogen-bond donors (Lipinski definition) is 2. The predicted octanol–water partition coefficient (Wildman–Crippen LogP) is 1.56. The van der Waals surface area contributed by atoms with Crippen LogP contribution in [-0.2, 0) is 0 Å². The monoisotopic (exact) mass is 263 g/mol. The first kappa shape index (κ1) is 13.7. The summed E-state index contributed by atoms with van der Waals surface area (Å²) in [7, 11) is 0. The van der Waals surface area contributed by atoms with Crippen LogP contribution in [0.2, 0.25) is 0 Å². The first-order chi connectivity index (χ1) is 9.26. The van der Waals surface area contributed by atoms with Gasteiger partial charge in [0.1, 0.15) is 5.69 Å². The first-order valence-corrected chi connectivity index (χ1v) is 6.86. The first-order valence-electron chi connectivity index (χ1n) is 6.86. The van der Waals surface area contributed by atoms with Gasteiger partial charge in [-0.2, -0.15) is 0 Å². The summed E-state index contributed by atoms with van der Waals surface area (Å²) in [4.78, 5) is 22.5. The molecule has 6 nitrogen and oxygen atoms in total. The van der Waals surface area contributed by atoms with Crippen LogP contribution in [0.15, 0.2) is 12.4 Å². The van der Waals surface area contributed by atoms with Gasteiger partial charge in [0.25, 0.3) is 5.91 Å². The average Bonchev–Trinajstić information content (AvgIpc) is 2.49. The molecule has 0 aliphatic heterocycles. The van der Waals surface area contributed by atoms with Gasteiger partial charge >= 0.3 is 0 Å². The number of nitrogens with two attached hydrogens (primary N) is 1. The lowest BCUT2D eigenvalue weighted by Gasteiger charge is -2.33. The topological polar surface area (TPSA) is 84.1 Å². The number of nitrogens with one attached hydrogen (secondary N) is 1. The van der Waals surface area contributed by atoms with Crippen LogP contribution in [0.25, 0.3) is 0 Å². The van der Waals surface area contributed by atoms with E-state index in [1.54, 1.807) is 0 Å². The highest BCUT2D eigenvalue weighted by Gasteiger charge is 2.25. The third kappa shape index (κ3) is 3.20. The molecule has 2 rings (SSSR count). The highest BCUT2D eigenvalue weighted by atomic mass is 16.2. The minimum atomic E-state index is -0.0366. The lowest BCUT2D eigenvalue weighted by Crippen LogP contribution is -2.41. The van der Waals surface area contributed by atoms with Crippen LogP contribution in [-0.4, -0.2) is 33.4 Å². The van der Waals surface area contributed by atoms with Crippen molar-refractivity contribution in [3.63, 3.8) is 0 Å². The van der Waals surface area contributed by atoms with Gasteiger partial charge < -0.3 is 10.3 Å². The number of carbonyl (C=O) groups is 1. The van der Waals surface area contributed by atoms with Crippen LogP contribution < -0.4 is 11.3 Å². The Hall–Kier alpha value is -1.69. The number of nitrogens with zero attached hydrogens (tertiary/aromatic N) is 3. The van der Waals surface area contributed by atoms with Crippen molar-refractivity contribution < 1.29 is 4.79 Å². The lowest BCUT2D eigenvalue weighted by molar-refractivity contribution is 0.0641. The number of hydrazine groups is 1. The number of anilines is 1. The molecule has 0 spiro atoms. The average molecular weight is 263 g/mol. The smallest absolute Gasteiger partial charge is 0.274 e. The van der Waals surface area contributed by atoms with Crippen molar-refractivity contribution in [1.29, 1.82) is 0 Å². The van der Waals surface area contributed by atoms with Crippen molar-refractivity contribution in [3.05, 3.63) is 18.1 Å². The second kappa shape index (κ2) is 6.47. The highest BCUT2D eigenvalue weighted by Crippen LogP contribution is 2.23. The van der Waals surface area contributed by atoms with Crippen LogP contribution in [0.3, 0.4) is 0 Å². The SMILES string of the molecule is CCN(C(=O)c1cnc(NN)cn1)C1CCCCC1. The van der Waals surface area contributed by atoms with Gasteiger partial charge in [0.05, 0.1) is 12.4 Å². The maximum absolute atomic E-state index is 12.4. The summed E-state index contributed by atoms with van der Waals surface area (Å²) in [6, 6.07) is 0.348. The van der Waals surface area contributed by atoms with E-state index in [4.69, 9.17) is 5.84 Å². The van der Waals surface area contributed by atoms with E-state index in [9.17, 15) is 4.79 Å². The van der Waals surface area contributed by atoms with Gasteiger partial charge in [0.2, 0.25) is 0 Å². The van der Waals surface area contributed by atoms with Crippen molar-refractivity contribution in [1.82, 2.24) is 14.9 Å². The lowest BCUT2D eigenvalue weighted by atomic mass is 9.94. The van der Waals surface area contributed by atoms with Gasteiger partial charge in [-0.15, -0.1) is 0 Å². The van der Waals surface area contributed by atoms with Gasteiger partial charge in [-0.25, -0.2) is 15.8 Å². The summed E-state index contributed by atoms with van der Waals surface area (Å²) in [6.45, 7) is 2.72. The van der Waals surface area contributed by atoms with Crippen LogP contribution in [0, 0.1) is 0 Å². The van der Waals surface area contributed by atoms with E-state index < -0.39 is 0 Å². The summed E-state index contributed by atoms with van der Waals surface area (Å²) in [5, 5.41) is 0. The van der Waals surface area contributed by atoms with Gasteiger partial charge in [-0.05, 0) is 19.8 Å². The van der Waals surface area contributed by atoms with Crippen LogP contribution >= 0.6 is 0 Å². The van der Waals surface area contributed by atoms with Crippen molar-refractivity contribution in [2.24, 2.45) is 5.84 Å². The fourth-order valence-electron chi connectivity index (χ4n) is 2.62. The molecule has 0 saturated heterocycles. The van der Waals surface area contributed by atoms with E-state index in [2.05, 4.69) is 15.4 Å². The van der Waals surface area contributed by atoms with Crippen molar-refractivity contribution in [2.45, 2.75) is 45.1 Å². The Morgan fingerprint density at radius 2 is 2.11 bits per heavy atom. The summed E-state index contributed by atoms with van der Waals surface area (Å²) in [5.41, 5.74) is 2.78. The second-order valence-electron chi connectivity index (χ2n) is 4.81. The minimum Gasteiger partial charge on any atom is -0.335 e. The summed E-state index contributed by atoms with van der Waals surface area (Å²) in [5.74, 6) is 5.65. The minimum absolute atomic E-state index is 0.0366. The van der Waals surface area contributed by atoms with E-state index in [0.29, 0.717) is 24.1 Å². The number of aromatic nitrogens is 2. The zero-order valence-corrected chi connectivity index (χ0v) is 11.3. The molecule has 1 saturated carbocycles. The van der Waals surface area contributed by atoms with Crippen molar-refractivity contribution >= 4 is 11.7 Å². The van der Waals surface area contributed by atoms with E-state index in [0.717, 1.165) is 12.8 Å².